The zero-order chi connectivity index (χ0) is 11.9. The molecule has 1 aromatic carbocycles. The Morgan fingerprint density at radius 1 is 1.11 bits per heavy atom. The molecular formula is C15H20INO. The summed E-state index contributed by atoms with van der Waals surface area (Å²) in [7, 11) is 4.66. The molecule has 2 atom stereocenters. The zero-order valence-corrected chi connectivity index (χ0v) is 13.1. The monoisotopic (exact) mass is 357 g/mol. The van der Waals surface area contributed by atoms with Gasteiger partial charge >= 0.3 is 0 Å². The molecule has 0 spiro atoms. The highest BCUT2D eigenvalue weighted by atomic mass is 127. The van der Waals surface area contributed by atoms with Gasteiger partial charge in [0.05, 0.1) is 20.7 Å². The van der Waals surface area contributed by atoms with E-state index >= 15 is 0 Å². The van der Waals surface area contributed by atoms with Crippen LogP contribution in [0, 0.1) is 0 Å². The van der Waals surface area contributed by atoms with Gasteiger partial charge in [0.1, 0.15) is 18.7 Å². The maximum Gasteiger partial charge on any atom is 0.132 e. The largest absolute Gasteiger partial charge is 1.00 e. The quantitative estimate of drug-likeness (QED) is 0.478. The molecule has 2 unspecified atom stereocenters. The molecular weight excluding hydrogens is 337 g/mol. The summed E-state index contributed by atoms with van der Waals surface area (Å²) in [6, 6.07) is 11.9. The lowest BCUT2D eigenvalue weighted by atomic mass is 9.88. The Morgan fingerprint density at radius 2 is 1.83 bits per heavy atom. The lowest BCUT2D eigenvalue weighted by Gasteiger charge is -2.49. The van der Waals surface area contributed by atoms with Gasteiger partial charge in [-0.3, -0.25) is 0 Å². The molecule has 2 aliphatic rings. The minimum atomic E-state index is 0. The average Bonchev–Trinajstić information content (AvgIpc) is 2.28. The second-order valence-corrected chi connectivity index (χ2v) is 5.65. The van der Waals surface area contributed by atoms with E-state index in [1.807, 2.05) is 0 Å². The summed E-state index contributed by atoms with van der Waals surface area (Å²) in [6.45, 7) is 1.76. The molecule has 18 heavy (non-hydrogen) atoms. The van der Waals surface area contributed by atoms with Gasteiger partial charge in [0, 0.05) is 6.42 Å². The lowest BCUT2D eigenvalue weighted by Crippen LogP contribution is -3.00. The van der Waals surface area contributed by atoms with Crippen molar-refractivity contribution in [3.8, 4) is 0 Å². The van der Waals surface area contributed by atoms with E-state index in [0.29, 0.717) is 12.1 Å². The van der Waals surface area contributed by atoms with Crippen molar-refractivity contribution in [1.82, 2.24) is 0 Å². The first-order chi connectivity index (χ1) is 8.18. The van der Waals surface area contributed by atoms with Gasteiger partial charge in [-0.1, -0.05) is 30.3 Å². The van der Waals surface area contributed by atoms with Crippen LogP contribution in [0.1, 0.15) is 12.0 Å². The average molecular weight is 357 g/mol. The van der Waals surface area contributed by atoms with Gasteiger partial charge in [0.2, 0.25) is 0 Å². The summed E-state index contributed by atoms with van der Waals surface area (Å²) in [5.41, 5.74) is 2.88. The highest BCUT2D eigenvalue weighted by molar-refractivity contribution is 5.67. The zero-order valence-electron chi connectivity index (χ0n) is 11.0. The van der Waals surface area contributed by atoms with Crippen LogP contribution in [0.3, 0.4) is 0 Å². The summed E-state index contributed by atoms with van der Waals surface area (Å²) in [5.74, 6) is 0. The van der Waals surface area contributed by atoms with Gasteiger partial charge in [-0.25, -0.2) is 0 Å². The van der Waals surface area contributed by atoms with Crippen molar-refractivity contribution in [2.45, 2.75) is 18.5 Å². The van der Waals surface area contributed by atoms with Crippen LogP contribution in [-0.2, 0) is 4.74 Å². The number of rotatable bonds is 1. The number of benzene rings is 1. The minimum absolute atomic E-state index is 0. The van der Waals surface area contributed by atoms with Crippen LogP contribution >= 0.6 is 0 Å². The van der Waals surface area contributed by atoms with Crippen LogP contribution in [-0.4, -0.2) is 43.9 Å². The number of quaternary nitrogens is 1. The van der Waals surface area contributed by atoms with E-state index in [1.165, 1.54) is 11.1 Å². The fourth-order valence-corrected chi connectivity index (χ4v) is 2.93. The van der Waals surface area contributed by atoms with E-state index in [2.05, 4.69) is 50.5 Å². The second kappa shape index (κ2) is 5.31. The fourth-order valence-electron chi connectivity index (χ4n) is 2.93. The van der Waals surface area contributed by atoms with E-state index in [-0.39, 0.29) is 24.0 Å². The van der Waals surface area contributed by atoms with Crippen LogP contribution in [0.2, 0.25) is 0 Å². The molecule has 1 aromatic rings. The van der Waals surface area contributed by atoms with Crippen molar-refractivity contribution >= 4 is 5.57 Å². The van der Waals surface area contributed by atoms with Crippen LogP contribution in [0.25, 0.3) is 5.57 Å². The fraction of sp³-hybridized carbons (Fsp3) is 0.467. The maximum atomic E-state index is 5.70. The predicted molar refractivity (Wildman–Crippen MR) is 69.5 cm³/mol. The number of fused-ring (bicyclic) bond motifs is 2. The molecule has 0 aliphatic carbocycles. The number of likely N-dealkylation sites (N-methyl/N-ethyl adjacent to an activating group) is 1. The molecule has 0 aromatic heterocycles. The molecule has 1 fully saturated rings. The van der Waals surface area contributed by atoms with Crippen molar-refractivity contribution < 1.29 is 33.2 Å². The molecule has 2 nitrogen and oxygen atoms in total. The Labute approximate surface area is 126 Å². The smallest absolute Gasteiger partial charge is 0.132 e. The van der Waals surface area contributed by atoms with E-state index in [9.17, 15) is 0 Å². The Morgan fingerprint density at radius 3 is 2.50 bits per heavy atom. The first kappa shape index (κ1) is 14.0. The highest BCUT2D eigenvalue weighted by Gasteiger charge is 2.43. The number of morpholine rings is 1. The van der Waals surface area contributed by atoms with Crippen LogP contribution in [0.5, 0.6) is 0 Å². The Hall–Kier alpha value is -0.390. The van der Waals surface area contributed by atoms with Crippen LogP contribution in [0.4, 0.5) is 0 Å². The first-order valence-electron chi connectivity index (χ1n) is 6.35. The first-order valence-corrected chi connectivity index (χ1v) is 6.35. The van der Waals surface area contributed by atoms with Crippen molar-refractivity contribution in [3.05, 3.63) is 42.0 Å². The van der Waals surface area contributed by atoms with Crippen molar-refractivity contribution in [2.24, 2.45) is 0 Å². The third-order valence-corrected chi connectivity index (χ3v) is 4.39. The topological polar surface area (TPSA) is 9.23 Å². The van der Waals surface area contributed by atoms with E-state index in [4.69, 9.17) is 4.74 Å². The summed E-state index contributed by atoms with van der Waals surface area (Å²) in [6.07, 6.45) is 3.55. The third-order valence-electron chi connectivity index (χ3n) is 4.39. The van der Waals surface area contributed by atoms with Crippen molar-refractivity contribution in [2.75, 3.05) is 27.3 Å². The SMILES string of the molecule is C[N+]1(C)C2C=C(c3ccccc3)CC1COC2.[I-]. The standard InChI is InChI=1S/C15H20NO.HI/c1-16(2)14-8-13(9-15(16)11-17-10-14)12-6-4-3-5-7-12;/h3-8,14-15H,9-11H2,1-2H3;1H/q+1;/p-1. The molecule has 0 radical (unpaired) electrons. The second-order valence-electron chi connectivity index (χ2n) is 5.65. The Balaban J connectivity index is 0.00000120. The summed E-state index contributed by atoms with van der Waals surface area (Å²) in [4.78, 5) is 0. The number of ether oxygens (including phenoxy) is 1. The molecule has 3 rings (SSSR count). The highest BCUT2D eigenvalue weighted by Crippen LogP contribution is 2.35. The Kier molecular flexibility index (Phi) is 4.14. The van der Waals surface area contributed by atoms with E-state index < -0.39 is 0 Å². The van der Waals surface area contributed by atoms with Gasteiger partial charge in [0.25, 0.3) is 0 Å². The number of nitrogens with zero attached hydrogens (tertiary/aromatic N) is 1. The summed E-state index contributed by atoms with van der Waals surface area (Å²) in [5, 5.41) is 0. The molecule has 1 saturated heterocycles. The number of hydrogen-bond donors (Lipinski definition) is 0. The predicted octanol–water partition coefficient (Wildman–Crippen LogP) is -0.678. The van der Waals surface area contributed by atoms with Crippen molar-refractivity contribution in [3.63, 3.8) is 0 Å². The number of hydrogen-bond acceptors (Lipinski definition) is 1. The molecule has 0 N–H and O–H groups in total. The molecule has 0 amide bonds. The molecule has 2 bridgehead atoms. The molecule has 2 aliphatic heterocycles. The molecule has 0 saturated carbocycles. The van der Waals surface area contributed by atoms with Crippen LogP contribution in [0.15, 0.2) is 36.4 Å². The minimum Gasteiger partial charge on any atom is -1.00 e. The van der Waals surface area contributed by atoms with Gasteiger partial charge in [-0.2, -0.15) is 0 Å². The maximum absolute atomic E-state index is 5.70. The van der Waals surface area contributed by atoms with Gasteiger partial charge in [-0.15, -0.1) is 0 Å². The molecule has 98 valence electrons. The Bertz CT molecular complexity index is 441. The molecule has 3 heteroatoms. The van der Waals surface area contributed by atoms with Gasteiger partial charge < -0.3 is 33.2 Å². The van der Waals surface area contributed by atoms with Crippen molar-refractivity contribution in [1.29, 1.82) is 0 Å². The third kappa shape index (κ3) is 2.36. The summed E-state index contributed by atoms with van der Waals surface area (Å²) >= 11 is 0. The molecule has 2 heterocycles. The van der Waals surface area contributed by atoms with E-state index in [0.717, 1.165) is 24.1 Å². The van der Waals surface area contributed by atoms with Gasteiger partial charge in [-0.05, 0) is 17.2 Å². The van der Waals surface area contributed by atoms with Crippen LogP contribution < -0.4 is 24.0 Å². The summed E-state index contributed by atoms with van der Waals surface area (Å²) < 4.78 is 6.78. The van der Waals surface area contributed by atoms with E-state index in [1.54, 1.807) is 0 Å². The normalized spacial score (nSPS) is 29.1. The van der Waals surface area contributed by atoms with Gasteiger partial charge in [0.15, 0.2) is 0 Å². The number of halogens is 1. The lowest BCUT2D eigenvalue weighted by molar-refractivity contribution is -0.941.